The van der Waals surface area contributed by atoms with E-state index in [1.807, 2.05) is 0 Å². The van der Waals surface area contributed by atoms with Crippen LogP contribution in [0.1, 0.15) is 5.56 Å². The van der Waals surface area contributed by atoms with Gasteiger partial charge in [-0.15, -0.1) is 0 Å². The average Bonchev–Trinajstić information content (AvgIpc) is 2.34. The molecule has 2 rings (SSSR count). The van der Waals surface area contributed by atoms with E-state index >= 15 is 0 Å². The van der Waals surface area contributed by atoms with Crippen LogP contribution in [0.2, 0.25) is 0 Å². The molecule has 1 nitrogen and oxygen atoms in total. The summed E-state index contributed by atoms with van der Waals surface area (Å²) in [5.41, 5.74) is 0.749. The Kier molecular flexibility index (Phi) is 3.56. The van der Waals surface area contributed by atoms with Gasteiger partial charge in [-0.05, 0) is 18.6 Å². The molecule has 0 radical (unpaired) electrons. The van der Waals surface area contributed by atoms with Crippen molar-refractivity contribution in [2.75, 3.05) is 0 Å². The molecule has 0 bridgehead atoms. The van der Waals surface area contributed by atoms with E-state index < -0.39 is 28.4 Å². The van der Waals surface area contributed by atoms with E-state index in [-0.39, 0.29) is 0 Å². The van der Waals surface area contributed by atoms with Crippen molar-refractivity contribution in [2.45, 2.75) is 16.7 Å². The van der Waals surface area contributed by atoms with Crippen LogP contribution in [0.15, 0.2) is 34.1 Å². The minimum absolute atomic E-state index is 0.514. The lowest BCUT2D eigenvalue weighted by molar-refractivity contribution is 0.383. The molecular weight excluding hydrogens is 266 g/mol. The molecule has 1 heterocycles. The first-order valence-corrected chi connectivity index (χ1v) is 5.76. The van der Waals surface area contributed by atoms with Gasteiger partial charge in [0, 0.05) is 4.90 Å². The van der Waals surface area contributed by atoms with Crippen LogP contribution in [0.25, 0.3) is 0 Å². The van der Waals surface area contributed by atoms with Crippen LogP contribution in [-0.4, -0.2) is 4.98 Å². The summed E-state index contributed by atoms with van der Waals surface area (Å²) in [4.78, 5) is 2.29. The molecule has 0 aliphatic heterocycles. The number of hydrogen-bond acceptors (Lipinski definition) is 2. The van der Waals surface area contributed by atoms with E-state index in [1.165, 1.54) is 0 Å². The van der Waals surface area contributed by atoms with Gasteiger partial charge < -0.3 is 0 Å². The van der Waals surface area contributed by atoms with Crippen LogP contribution in [0.5, 0.6) is 0 Å². The fraction of sp³-hybridized carbons (Fsp3) is 0.0833. The molecule has 0 aliphatic rings. The van der Waals surface area contributed by atoms with Gasteiger partial charge in [0.2, 0.25) is 0 Å². The molecule has 1 aromatic heterocycles. The highest BCUT2D eigenvalue weighted by molar-refractivity contribution is 7.99. The van der Waals surface area contributed by atoms with Crippen molar-refractivity contribution in [2.24, 2.45) is 0 Å². The van der Waals surface area contributed by atoms with Gasteiger partial charge >= 0.3 is 0 Å². The third-order valence-electron chi connectivity index (χ3n) is 2.26. The highest BCUT2D eigenvalue weighted by Gasteiger charge is 2.21. The maximum Gasteiger partial charge on any atom is 0.252 e. The summed E-state index contributed by atoms with van der Waals surface area (Å²) in [6, 6.07) is 6.75. The molecular formula is C12H7F4NS. The van der Waals surface area contributed by atoms with E-state index in [0.717, 1.165) is 5.56 Å². The van der Waals surface area contributed by atoms with Crippen LogP contribution < -0.4 is 0 Å². The predicted octanol–water partition coefficient (Wildman–Crippen LogP) is 4.10. The molecule has 0 spiro atoms. The highest BCUT2D eigenvalue weighted by atomic mass is 32.2. The van der Waals surface area contributed by atoms with Crippen molar-refractivity contribution in [3.05, 3.63) is 53.4 Å². The first kappa shape index (κ1) is 12.9. The fourth-order valence-electron chi connectivity index (χ4n) is 1.34. The minimum Gasteiger partial charge on any atom is -0.201 e. The molecule has 1 aromatic carbocycles. The molecule has 0 atom stereocenters. The van der Waals surface area contributed by atoms with Crippen molar-refractivity contribution >= 4 is 11.8 Å². The highest BCUT2D eigenvalue weighted by Crippen LogP contribution is 2.34. The smallest absolute Gasteiger partial charge is 0.201 e. The number of benzene rings is 1. The van der Waals surface area contributed by atoms with E-state index in [9.17, 15) is 17.6 Å². The van der Waals surface area contributed by atoms with Crippen molar-refractivity contribution in [3.8, 4) is 0 Å². The number of nitrogens with zero attached hydrogens (tertiary/aromatic N) is 1. The SMILES string of the molecule is Cc1ccccc1Sc1c(F)c(F)nc(F)c1F. The molecule has 0 saturated carbocycles. The van der Waals surface area contributed by atoms with Crippen molar-refractivity contribution in [1.29, 1.82) is 0 Å². The average molecular weight is 273 g/mol. The monoisotopic (exact) mass is 273 g/mol. The van der Waals surface area contributed by atoms with E-state index in [4.69, 9.17) is 0 Å². The van der Waals surface area contributed by atoms with Gasteiger partial charge in [-0.2, -0.15) is 13.8 Å². The topological polar surface area (TPSA) is 12.9 Å². The Balaban J connectivity index is 2.50. The quantitative estimate of drug-likeness (QED) is 0.603. The van der Waals surface area contributed by atoms with Crippen LogP contribution in [0.4, 0.5) is 17.6 Å². The van der Waals surface area contributed by atoms with Gasteiger partial charge in [0.25, 0.3) is 11.9 Å². The summed E-state index contributed by atoms with van der Waals surface area (Å²) in [6.45, 7) is 1.73. The Bertz CT molecular complexity index is 575. The maximum absolute atomic E-state index is 13.4. The Hall–Kier alpha value is -1.56. The normalized spacial score (nSPS) is 10.7. The molecule has 18 heavy (non-hydrogen) atoms. The van der Waals surface area contributed by atoms with Gasteiger partial charge in [-0.3, -0.25) is 0 Å². The zero-order chi connectivity index (χ0) is 13.3. The molecule has 0 N–H and O–H groups in total. The van der Waals surface area contributed by atoms with Gasteiger partial charge in [0.15, 0.2) is 11.6 Å². The summed E-state index contributed by atoms with van der Waals surface area (Å²) in [5.74, 6) is -6.26. The summed E-state index contributed by atoms with van der Waals surface area (Å²) < 4.78 is 52.6. The molecule has 0 amide bonds. The Morgan fingerprint density at radius 2 is 1.50 bits per heavy atom. The molecule has 94 valence electrons. The molecule has 0 aliphatic carbocycles. The maximum atomic E-state index is 13.4. The number of pyridine rings is 1. The standard InChI is InChI=1S/C12H7F4NS/c1-6-4-2-3-5-7(6)18-10-8(13)11(15)17-12(16)9(10)14/h2-5H,1H3. The summed E-state index contributed by atoms with van der Waals surface area (Å²) in [5, 5.41) is 0. The Morgan fingerprint density at radius 1 is 0.944 bits per heavy atom. The first-order chi connectivity index (χ1) is 8.50. The zero-order valence-corrected chi connectivity index (χ0v) is 9.99. The number of halogens is 4. The lowest BCUT2D eigenvalue weighted by atomic mass is 10.2. The molecule has 6 heteroatoms. The van der Waals surface area contributed by atoms with Crippen LogP contribution >= 0.6 is 11.8 Å². The third-order valence-corrected chi connectivity index (χ3v) is 3.50. The fourth-order valence-corrected chi connectivity index (χ4v) is 2.28. The number of rotatable bonds is 2. The summed E-state index contributed by atoms with van der Waals surface area (Å²) >= 11 is 0.626. The second-order valence-corrected chi connectivity index (χ2v) is 4.57. The van der Waals surface area contributed by atoms with E-state index in [2.05, 4.69) is 4.98 Å². The van der Waals surface area contributed by atoms with Gasteiger partial charge in [-0.1, -0.05) is 30.0 Å². The molecule has 0 fully saturated rings. The Labute approximate surface area is 105 Å². The van der Waals surface area contributed by atoms with Crippen LogP contribution in [0.3, 0.4) is 0 Å². The van der Waals surface area contributed by atoms with E-state index in [1.54, 1.807) is 31.2 Å². The lowest BCUT2D eigenvalue weighted by Crippen LogP contribution is -2.02. The summed E-state index contributed by atoms with van der Waals surface area (Å²) in [7, 11) is 0. The minimum atomic E-state index is -1.65. The van der Waals surface area contributed by atoms with Crippen molar-refractivity contribution < 1.29 is 17.6 Å². The number of aryl methyl sites for hydroxylation is 1. The van der Waals surface area contributed by atoms with Gasteiger partial charge in [-0.25, -0.2) is 8.78 Å². The second kappa shape index (κ2) is 4.97. The van der Waals surface area contributed by atoms with Gasteiger partial charge in [0.1, 0.15) is 0 Å². The first-order valence-electron chi connectivity index (χ1n) is 4.94. The number of aromatic nitrogens is 1. The molecule has 2 aromatic rings. The zero-order valence-electron chi connectivity index (χ0n) is 9.18. The number of hydrogen-bond donors (Lipinski definition) is 0. The lowest BCUT2D eigenvalue weighted by Gasteiger charge is -2.07. The van der Waals surface area contributed by atoms with Crippen LogP contribution in [0, 0.1) is 30.5 Å². The Morgan fingerprint density at radius 3 is 2.06 bits per heavy atom. The van der Waals surface area contributed by atoms with E-state index in [0.29, 0.717) is 16.7 Å². The van der Waals surface area contributed by atoms with Crippen molar-refractivity contribution in [1.82, 2.24) is 4.98 Å². The van der Waals surface area contributed by atoms with Crippen molar-refractivity contribution in [3.63, 3.8) is 0 Å². The van der Waals surface area contributed by atoms with Gasteiger partial charge in [0.05, 0.1) is 4.90 Å². The predicted molar refractivity (Wildman–Crippen MR) is 59.4 cm³/mol. The molecule has 0 saturated heterocycles. The third kappa shape index (κ3) is 2.33. The summed E-state index contributed by atoms with van der Waals surface area (Å²) in [6.07, 6.45) is 0. The largest absolute Gasteiger partial charge is 0.252 e. The molecule has 0 unspecified atom stereocenters. The second-order valence-electron chi connectivity index (χ2n) is 3.52. The van der Waals surface area contributed by atoms with Crippen LogP contribution in [-0.2, 0) is 0 Å².